The molecular weight excluding hydrogens is 292 g/mol. The number of pyridine rings is 2. The molecule has 21 heavy (non-hydrogen) atoms. The summed E-state index contributed by atoms with van der Waals surface area (Å²) in [4.78, 5) is 31.3. The molecule has 0 aliphatic carbocycles. The van der Waals surface area contributed by atoms with E-state index in [0.717, 1.165) is 22.5 Å². The van der Waals surface area contributed by atoms with Crippen molar-refractivity contribution >= 4 is 33.5 Å². The average molecular weight is 300 g/mol. The van der Waals surface area contributed by atoms with Gasteiger partial charge in [0, 0.05) is 28.7 Å². The van der Waals surface area contributed by atoms with E-state index in [2.05, 4.69) is 9.97 Å². The summed E-state index contributed by atoms with van der Waals surface area (Å²) in [5.74, 6) is -2.43. The summed E-state index contributed by atoms with van der Waals surface area (Å²) >= 11 is 1.38. The largest absolute Gasteiger partial charge is 0.478 e. The van der Waals surface area contributed by atoms with E-state index in [4.69, 9.17) is 5.11 Å². The van der Waals surface area contributed by atoms with Gasteiger partial charge in [0.25, 0.3) is 0 Å². The molecule has 0 amide bonds. The standard InChI is InChI=1S/C14H8N2O4S/c17-13(18)7-4-9(14(19)20)11(16-5-7)10-6-21-12-8(10)2-1-3-15-12/h1-6H,(H,17,18)(H,19,20). The summed E-state index contributed by atoms with van der Waals surface area (Å²) in [5.41, 5.74) is 0.580. The number of rotatable bonds is 3. The Bertz CT molecular complexity index is 872. The molecule has 3 heterocycles. The van der Waals surface area contributed by atoms with Crippen LogP contribution in [0.3, 0.4) is 0 Å². The molecule has 0 atom stereocenters. The smallest absolute Gasteiger partial charge is 0.337 e. The Labute approximate surface area is 122 Å². The Balaban J connectivity index is 2.27. The summed E-state index contributed by atoms with van der Waals surface area (Å²) in [6, 6.07) is 4.70. The van der Waals surface area contributed by atoms with Crippen molar-refractivity contribution in [1.29, 1.82) is 0 Å². The van der Waals surface area contributed by atoms with Gasteiger partial charge in [-0.2, -0.15) is 0 Å². The lowest BCUT2D eigenvalue weighted by Crippen LogP contribution is -2.06. The zero-order chi connectivity index (χ0) is 15.0. The Morgan fingerprint density at radius 3 is 2.67 bits per heavy atom. The minimum absolute atomic E-state index is 0.140. The zero-order valence-corrected chi connectivity index (χ0v) is 11.3. The Morgan fingerprint density at radius 2 is 1.95 bits per heavy atom. The molecule has 0 aliphatic heterocycles. The van der Waals surface area contributed by atoms with Gasteiger partial charge in [0.15, 0.2) is 0 Å². The number of nitrogens with zero attached hydrogens (tertiary/aromatic N) is 2. The first kappa shape index (κ1) is 13.2. The van der Waals surface area contributed by atoms with Crippen LogP contribution in [0.15, 0.2) is 36.0 Å². The fraction of sp³-hybridized carbons (Fsp3) is 0. The number of aromatic carboxylic acids is 2. The van der Waals surface area contributed by atoms with Gasteiger partial charge in [-0.05, 0) is 18.2 Å². The number of hydrogen-bond acceptors (Lipinski definition) is 5. The molecule has 3 rings (SSSR count). The predicted molar refractivity (Wildman–Crippen MR) is 76.8 cm³/mol. The molecular formula is C14H8N2O4S. The highest BCUT2D eigenvalue weighted by molar-refractivity contribution is 7.17. The van der Waals surface area contributed by atoms with Gasteiger partial charge < -0.3 is 10.2 Å². The van der Waals surface area contributed by atoms with Crippen molar-refractivity contribution < 1.29 is 19.8 Å². The Morgan fingerprint density at radius 1 is 1.14 bits per heavy atom. The summed E-state index contributed by atoms with van der Waals surface area (Å²) < 4.78 is 0. The first-order valence-corrected chi connectivity index (χ1v) is 6.75. The number of fused-ring (bicyclic) bond motifs is 1. The van der Waals surface area contributed by atoms with E-state index in [1.807, 2.05) is 6.07 Å². The van der Waals surface area contributed by atoms with Gasteiger partial charge in [0.2, 0.25) is 0 Å². The van der Waals surface area contributed by atoms with Crippen molar-refractivity contribution in [2.45, 2.75) is 0 Å². The van der Waals surface area contributed by atoms with Crippen molar-refractivity contribution in [2.75, 3.05) is 0 Å². The molecule has 0 radical (unpaired) electrons. The predicted octanol–water partition coefficient (Wildman–Crippen LogP) is 2.75. The maximum Gasteiger partial charge on any atom is 0.337 e. The topological polar surface area (TPSA) is 100 Å². The highest BCUT2D eigenvalue weighted by atomic mass is 32.1. The summed E-state index contributed by atoms with van der Waals surface area (Å²) in [5, 5.41) is 20.8. The maximum atomic E-state index is 11.4. The quantitative estimate of drug-likeness (QED) is 0.771. The van der Waals surface area contributed by atoms with Crippen molar-refractivity contribution in [3.05, 3.63) is 47.1 Å². The molecule has 0 aromatic carbocycles. The van der Waals surface area contributed by atoms with E-state index >= 15 is 0 Å². The van der Waals surface area contributed by atoms with Crippen molar-refractivity contribution in [3.8, 4) is 11.3 Å². The molecule has 0 saturated heterocycles. The molecule has 0 bridgehead atoms. The third kappa shape index (κ3) is 2.23. The molecule has 6 nitrogen and oxygen atoms in total. The Hall–Kier alpha value is -2.80. The van der Waals surface area contributed by atoms with Crippen LogP contribution in [-0.2, 0) is 0 Å². The monoisotopic (exact) mass is 300 g/mol. The molecule has 0 fully saturated rings. The molecule has 0 unspecified atom stereocenters. The van der Waals surface area contributed by atoms with E-state index in [-0.39, 0.29) is 16.8 Å². The van der Waals surface area contributed by atoms with E-state index in [9.17, 15) is 14.7 Å². The second-order valence-electron chi connectivity index (χ2n) is 4.24. The molecule has 0 saturated carbocycles. The Kier molecular flexibility index (Phi) is 3.11. The molecule has 2 N–H and O–H groups in total. The van der Waals surface area contributed by atoms with Gasteiger partial charge in [-0.25, -0.2) is 14.6 Å². The normalized spacial score (nSPS) is 10.7. The molecule has 7 heteroatoms. The van der Waals surface area contributed by atoms with Crippen LogP contribution in [0, 0.1) is 0 Å². The third-order valence-corrected chi connectivity index (χ3v) is 3.87. The lowest BCUT2D eigenvalue weighted by Gasteiger charge is -2.05. The van der Waals surface area contributed by atoms with E-state index in [1.165, 1.54) is 11.3 Å². The van der Waals surface area contributed by atoms with Crippen LogP contribution in [0.5, 0.6) is 0 Å². The highest BCUT2D eigenvalue weighted by Gasteiger charge is 2.19. The van der Waals surface area contributed by atoms with Crippen LogP contribution < -0.4 is 0 Å². The SMILES string of the molecule is O=C(O)c1cnc(-c2csc3ncccc23)c(C(=O)O)c1. The van der Waals surface area contributed by atoms with Crippen LogP contribution >= 0.6 is 11.3 Å². The van der Waals surface area contributed by atoms with Crippen LogP contribution in [0.2, 0.25) is 0 Å². The molecule has 0 aliphatic rings. The van der Waals surface area contributed by atoms with Crippen LogP contribution in [0.1, 0.15) is 20.7 Å². The van der Waals surface area contributed by atoms with Crippen LogP contribution in [0.4, 0.5) is 0 Å². The first-order valence-electron chi connectivity index (χ1n) is 5.87. The first-order chi connectivity index (χ1) is 10.1. The number of thiophene rings is 1. The van der Waals surface area contributed by atoms with Crippen LogP contribution in [-0.4, -0.2) is 32.1 Å². The van der Waals surface area contributed by atoms with Crippen molar-refractivity contribution in [3.63, 3.8) is 0 Å². The van der Waals surface area contributed by atoms with Gasteiger partial charge in [-0.1, -0.05) is 0 Å². The van der Waals surface area contributed by atoms with E-state index in [1.54, 1.807) is 17.6 Å². The molecule has 3 aromatic rings. The number of hydrogen-bond donors (Lipinski definition) is 2. The average Bonchev–Trinajstić information content (AvgIpc) is 2.90. The van der Waals surface area contributed by atoms with Gasteiger partial charge >= 0.3 is 11.9 Å². The number of carboxylic acids is 2. The van der Waals surface area contributed by atoms with Gasteiger partial charge in [-0.15, -0.1) is 11.3 Å². The fourth-order valence-corrected chi connectivity index (χ4v) is 2.91. The van der Waals surface area contributed by atoms with E-state index in [0.29, 0.717) is 5.56 Å². The van der Waals surface area contributed by atoms with E-state index < -0.39 is 11.9 Å². The zero-order valence-electron chi connectivity index (χ0n) is 10.5. The van der Waals surface area contributed by atoms with Crippen LogP contribution in [0.25, 0.3) is 21.5 Å². The third-order valence-electron chi connectivity index (χ3n) is 2.97. The van der Waals surface area contributed by atoms with Gasteiger partial charge in [0.05, 0.1) is 16.8 Å². The number of carboxylic acid groups (broad SMARTS) is 2. The van der Waals surface area contributed by atoms with Crippen molar-refractivity contribution in [2.24, 2.45) is 0 Å². The van der Waals surface area contributed by atoms with Gasteiger partial charge in [0.1, 0.15) is 4.83 Å². The van der Waals surface area contributed by atoms with Crippen molar-refractivity contribution in [1.82, 2.24) is 9.97 Å². The fourth-order valence-electron chi connectivity index (χ4n) is 2.01. The summed E-state index contributed by atoms with van der Waals surface area (Å²) in [6.45, 7) is 0. The summed E-state index contributed by atoms with van der Waals surface area (Å²) in [6.07, 6.45) is 2.81. The molecule has 0 spiro atoms. The molecule has 104 valence electrons. The highest BCUT2D eigenvalue weighted by Crippen LogP contribution is 2.33. The summed E-state index contributed by atoms with van der Waals surface area (Å²) in [7, 11) is 0. The van der Waals surface area contributed by atoms with Gasteiger partial charge in [-0.3, -0.25) is 4.98 Å². The lowest BCUT2D eigenvalue weighted by molar-refractivity contribution is 0.0696. The number of carbonyl (C=O) groups is 2. The second-order valence-corrected chi connectivity index (χ2v) is 5.09. The number of aromatic nitrogens is 2. The second kappa shape index (κ2) is 4.95. The maximum absolute atomic E-state index is 11.4. The molecule has 3 aromatic heterocycles. The lowest BCUT2D eigenvalue weighted by atomic mass is 10.0. The minimum Gasteiger partial charge on any atom is -0.478 e. The minimum atomic E-state index is -1.22.